The van der Waals surface area contributed by atoms with E-state index in [2.05, 4.69) is 0 Å². The van der Waals surface area contributed by atoms with Crippen molar-refractivity contribution in [2.75, 3.05) is 13.2 Å². The zero-order chi connectivity index (χ0) is 9.56. The van der Waals surface area contributed by atoms with Crippen molar-refractivity contribution in [3.8, 4) is 0 Å². The second-order valence-electron chi connectivity index (χ2n) is 2.51. The number of aliphatic hydroxyl groups is 3. The molecule has 1 aliphatic rings. The van der Waals surface area contributed by atoms with E-state index in [1.165, 1.54) is 0 Å². The van der Waals surface area contributed by atoms with E-state index in [1.807, 2.05) is 13.8 Å². The second kappa shape index (κ2) is 6.37. The Morgan fingerprint density at radius 2 is 1.83 bits per heavy atom. The fourth-order valence-electron chi connectivity index (χ4n) is 0.967. The van der Waals surface area contributed by atoms with Crippen molar-refractivity contribution < 1.29 is 20.1 Å². The Bertz CT molecular complexity index is 107. The number of hydrogen-bond donors (Lipinski definition) is 3. The lowest BCUT2D eigenvalue weighted by atomic mass is 10.0. The van der Waals surface area contributed by atoms with E-state index in [4.69, 9.17) is 20.1 Å². The molecule has 0 spiro atoms. The van der Waals surface area contributed by atoms with Crippen LogP contribution in [-0.2, 0) is 4.74 Å². The molecule has 4 heteroatoms. The maximum Gasteiger partial charge on any atom is 0.103 e. The third-order valence-electron chi connectivity index (χ3n) is 1.65. The van der Waals surface area contributed by atoms with Crippen LogP contribution in [0.2, 0.25) is 0 Å². The number of aliphatic hydroxyl groups excluding tert-OH is 3. The molecule has 3 unspecified atom stereocenters. The van der Waals surface area contributed by atoms with Crippen molar-refractivity contribution in [2.24, 2.45) is 0 Å². The predicted octanol–water partition coefficient (Wildman–Crippen LogP) is -0.484. The Morgan fingerprint density at radius 3 is 2.25 bits per heavy atom. The first-order valence-corrected chi connectivity index (χ1v) is 4.32. The molecule has 1 rings (SSSR count). The van der Waals surface area contributed by atoms with Crippen LogP contribution in [0, 0.1) is 0 Å². The Morgan fingerprint density at radius 1 is 1.25 bits per heavy atom. The molecule has 0 radical (unpaired) electrons. The molecule has 0 aromatic carbocycles. The summed E-state index contributed by atoms with van der Waals surface area (Å²) in [6, 6.07) is 0. The molecule has 0 bridgehead atoms. The molecule has 1 saturated heterocycles. The van der Waals surface area contributed by atoms with Gasteiger partial charge in [-0.2, -0.15) is 0 Å². The summed E-state index contributed by atoms with van der Waals surface area (Å²) in [6.07, 6.45) is -1.52. The van der Waals surface area contributed by atoms with Gasteiger partial charge in [0.1, 0.15) is 6.10 Å². The lowest BCUT2D eigenvalue weighted by Gasteiger charge is -2.29. The van der Waals surface area contributed by atoms with Gasteiger partial charge >= 0.3 is 0 Å². The van der Waals surface area contributed by atoms with Gasteiger partial charge in [-0.15, -0.1) is 0 Å². The summed E-state index contributed by atoms with van der Waals surface area (Å²) in [5, 5.41) is 26.5. The largest absolute Gasteiger partial charge is 0.394 e. The average Bonchev–Trinajstić information content (AvgIpc) is 2.13. The standard InChI is InChI=1S/C6H12O4.C2H6/c7-2-4-1-5(8)6(9)3-10-4;1-2/h4-9H,1-3H2;1-2H3. The molecule has 4 nitrogen and oxygen atoms in total. The first kappa shape index (κ1) is 11.8. The third-order valence-corrected chi connectivity index (χ3v) is 1.65. The summed E-state index contributed by atoms with van der Waals surface area (Å²) in [5.74, 6) is 0. The van der Waals surface area contributed by atoms with Gasteiger partial charge in [0.2, 0.25) is 0 Å². The second-order valence-corrected chi connectivity index (χ2v) is 2.51. The maximum atomic E-state index is 9.04. The quantitative estimate of drug-likeness (QED) is 0.507. The molecule has 3 N–H and O–H groups in total. The molecule has 74 valence electrons. The monoisotopic (exact) mass is 178 g/mol. The first-order chi connectivity index (χ1) is 5.74. The molecule has 1 fully saturated rings. The van der Waals surface area contributed by atoms with E-state index in [0.29, 0.717) is 6.42 Å². The minimum absolute atomic E-state index is 0.0935. The fraction of sp³-hybridized carbons (Fsp3) is 1.00. The highest BCUT2D eigenvalue weighted by Crippen LogP contribution is 2.13. The van der Waals surface area contributed by atoms with E-state index < -0.39 is 12.2 Å². The zero-order valence-corrected chi connectivity index (χ0v) is 7.60. The molecule has 0 aliphatic carbocycles. The van der Waals surface area contributed by atoms with E-state index in [0.717, 1.165) is 0 Å². The summed E-state index contributed by atoms with van der Waals surface area (Å²) in [5.41, 5.74) is 0. The van der Waals surface area contributed by atoms with Crippen molar-refractivity contribution in [2.45, 2.75) is 38.6 Å². The average molecular weight is 178 g/mol. The predicted molar refractivity (Wildman–Crippen MR) is 44.8 cm³/mol. The van der Waals surface area contributed by atoms with Crippen LogP contribution in [0.4, 0.5) is 0 Å². The third kappa shape index (κ3) is 3.49. The first-order valence-electron chi connectivity index (χ1n) is 4.32. The number of ether oxygens (including phenoxy) is 1. The van der Waals surface area contributed by atoms with Crippen LogP contribution in [0.15, 0.2) is 0 Å². The molecule has 1 heterocycles. The van der Waals surface area contributed by atoms with Crippen molar-refractivity contribution in [3.05, 3.63) is 0 Å². The summed E-state index contributed by atoms with van der Waals surface area (Å²) in [4.78, 5) is 0. The van der Waals surface area contributed by atoms with Crippen LogP contribution >= 0.6 is 0 Å². The molecule has 0 aromatic rings. The zero-order valence-electron chi connectivity index (χ0n) is 7.60. The number of hydrogen-bond acceptors (Lipinski definition) is 4. The minimum atomic E-state index is -0.789. The van der Waals surface area contributed by atoms with Crippen molar-refractivity contribution >= 4 is 0 Å². The molecule has 0 saturated carbocycles. The van der Waals surface area contributed by atoms with E-state index in [-0.39, 0.29) is 19.3 Å². The van der Waals surface area contributed by atoms with Crippen LogP contribution < -0.4 is 0 Å². The Hall–Kier alpha value is -0.160. The van der Waals surface area contributed by atoms with Gasteiger partial charge in [0.25, 0.3) is 0 Å². The molecular weight excluding hydrogens is 160 g/mol. The molecule has 0 amide bonds. The van der Waals surface area contributed by atoms with Crippen molar-refractivity contribution in [1.29, 1.82) is 0 Å². The normalized spacial score (nSPS) is 35.2. The van der Waals surface area contributed by atoms with Gasteiger partial charge in [0.05, 0.1) is 25.4 Å². The van der Waals surface area contributed by atoms with Gasteiger partial charge in [-0.25, -0.2) is 0 Å². The summed E-state index contributed by atoms with van der Waals surface area (Å²) < 4.78 is 4.95. The van der Waals surface area contributed by atoms with Gasteiger partial charge in [0.15, 0.2) is 0 Å². The summed E-state index contributed by atoms with van der Waals surface area (Å²) in [6.45, 7) is 4.02. The Labute approximate surface area is 72.8 Å². The number of rotatable bonds is 1. The van der Waals surface area contributed by atoms with Crippen LogP contribution in [0.5, 0.6) is 0 Å². The smallest absolute Gasteiger partial charge is 0.103 e. The van der Waals surface area contributed by atoms with E-state index in [9.17, 15) is 0 Å². The van der Waals surface area contributed by atoms with Gasteiger partial charge in [-0.3, -0.25) is 0 Å². The maximum absolute atomic E-state index is 9.04. The molecular formula is C8H18O4. The van der Waals surface area contributed by atoms with E-state index >= 15 is 0 Å². The van der Waals surface area contributed by atoms with Crippen LogP contribution in [-0.4, -0.2) is 46.8 Å². The Kier molecular flexibility index (Phi) is 6.28. The van der Waals surface area contributed by atoms with E-state index in [1.54, 1.807) is 0 Å². The topological polar surface area (TPSA) is 69.9 Å². The van der Waals surface area contributed by atoms with Crippen LogP contribution in [0.25, 0.3) is 0 Å². The van der Waals surface area contributed by atoms with Gasteiger partial charge in [-0.1, -0.05) is 13.8 Å². The highest BCUT2D eigenvalue weighted by molar-refractivity contribution is 4.76. The van der Waals surface area contributed by atoms with Crippen molar-refractivity contribution in [1.82, 2.24) is 0 Å². The molecule has 0 aromatic heterocycles. The van der Waals surface area contributed by atoms with Crippen LogP contribution in [0.3, 0.4) is 0 Å². The summed E-state index contributed by atoms with van der Waals surface area (Å²) >= 11 is 0. The van der Waals surface area contributed by atoms with Gasteiger partial charge in [0, 0.05) is 6.42 Å². The Balaban J connectivity index is 0.000000561. The molecule has 3 atom stereocenters. The fourth-order valence-corrected chi connectivity index (χ4v) is 0.967. The summed E-state index contributed by atoms with van der Waals surface area (Å²) in [7, 11) is 0. The molecule has 1 aliphatic heterocycles. The minimum Gasteiger partial charge on any atom is -0.394 e. The highest BCUT2D eigenvalue weighted by atomic mass is 16.5. The highest BCUT2D eigenvalue weighted by Gasteiger charge is 2.27. The molecule has 12 heavy (non-hydrogen) atoms. The van der Waals surface area contributed by atoms with Crippen molar-refractivity contribution in [3.63, 3.8) is 0 Å². The lowest BCUT2D eigenvalue weighted by molar-refractivity contribution is -0.131. The SMILES string of the molecule is CC.OCC1CC(O)C(O)CO1. The van der Waals surface area contributed by atoms with Crippen LogP contribution in [0.1, 0.15) is 20.3 Å². The lowest BCUT2D eigenvalue weighted by Crippen LogP contribution is -2.42. The van der Waals surface area contributed by atoms with Gasteiger partial charge in [-0.05, 0) is 0 Å². The van der Waals surface area contributed by atoms with Gasteiger partial charge < -0.3 is 20.1 Å².